The number of nitrogens with one attached hydrogen (secondary N) is 2. The minimum Gasteiger partial charge on any atom is -0.267 e. The zero-order valence-corrected chi connectivity index (χ0v) is 15.9. The monoisotopic (exact) mass is 412 g/mol. The van der Waals surface area contributed by atoms with Crippen LogP contribution >= 0.6 is 15.9 Å². The third kappa shape index (κ3) is 3.67. The van der Waals surface area contributed by atoms with Crippen LogP contribution in [0.1, 0.15) is 32.1 Å². The summed E-state index contributed by atoms with van der Waals surface area (Å²) in [6, 6.07) is 16.3. The van der Waals surface area contributed by atoms with Crippen molar-refractivity contribution >= 4 is 27.7 Å². The average Bonchev–Trinajstić information content (AvgIpc) is 2.95. The molecule has 3 aromatic rings. The zero-order valence-electron chi connectivity index (χ0n) is 14.3. The quantitative estimate of drug-likeness (QED) is 0.647. The third-order valence-corrected chi connectivity index (χ3v) is 4.44. The van der Waals surface area contributed by atoms with Gasteiger partial charge in [0.1, 0.15) is 0 Å². The van der Waals surface area contributed by atoms with E-state index < -0.39 is 5.91 Å². The maximum absolute atomic E-state index is 12.5. The van der Waals surface area contributed by atoms with E-state index in [1.165, 1.54) is 0 Å². The summed E-state index contributed by atoms with van der Waals surface area (Å²) >= 11 is 3.40. The highest BCUT2D eigenvalue weighted by Crippen LogP contribution is 2.19. The average molecular weight is 413 g/mol. The van der Waals surface area contributed by atoms with Crippen molar-refractivity contribution in [1.29, 1.82) is 0 Å². The van der Waals surface area contributed by atoms with Crippen molar-refractivity contribution < 1.29 is 9.59 Å². The molecule has 0 radical (unpaired) electrons. The molecular formula is C19H17BrN4O2. The molecule has 0 spiro atoms. The van der Waals surface area contributed by atoms with Crippen molar-refractivity contribution in [3.63, 3.8) is 0 Å². The molecular weight excluding hydrogens is 396 g/mol. The number of nitrogens with zero attached hydrogens (tertiary/aromatic N) is 2. The van der Waals surface area contributed by atoms with Crippen molar-refractivity contribution in [2.45, 2.75) is 13.8 Å². The van der Waals surface area contributed by atoms with Crippen molar-refractivity contribution in [2.24, 2.45) is 0 Å². The standard InChI is InChI=1S/C19H17BrN4O2/c1-12-17(13(2)24(23-12)16-10-8-15(20)9-11-16)19(26)22-21-18(25)14-6-4-3-5-7-14/h3-11H,1-2H3,(H,21,25)(H,22,26). The van der Waals surface area contributed by atoms with E-state index in [0.29, 0.717) is 22.5 Å². The summed E-state index contributed by atoms with van der Waals surface area (Å²) in [5.41, 5.74) is 7.90. The number of amides is 2. The van der Waals surface area contributed by atoms with E-state index in [1.807, 2.05) is 37.3 Å². The first-order chi connectivity index (χ1) is 12.5. The second-order valence-corrected chi connectivity index (χ2v) is 6.62. The number of rotatable bonds is 3. The molecule has 6 nitrogen and oxygen atoms in total. The SMILES string of the molecule is Cc1nn(-c2ccc(Br)cc2)c(C)c1C(=O)NNC(=O)c1ccccc1. The van der Waals surface area contributed by atoms with Gasteiger partial charge in [-0.3, -0.25) is 20.4 Å². The van der Waals surface area contributed by atoms with E-state index in [4.69, 9.17) is 0 Å². The Labute approximate surface area is 159 Å². The Balaban J connectivity index is 1.77. The van der Waals surface area contributed by atoms with Crippen LogP contribution in [0.3, 0.4) is 0 Å². The van der Waals surface area contributed by atoms with Gasteiger partial charge in [-0.2, -0.15) is 5.10 Å². The van der Waals surface area contributed by atoms with Crippen LogP contribution in [0.25, 0.3) is 5.69 Å². The van der Waals surface area contributed by atoms with Crippen LogP contribution < -0.4 is 10.9 Å². The number of hydrazine groups is 1. The Kier molecular flexibility index (Phi) is 5.18. The molecule has 2 N–H and O–H groups in total. The first-order valence-electron chi connectivity index (χ1n) is 7.95. The van der Waals surface area contributed by atoms with E-state index in [9.17, 15) is 9.59 Å². The molecule has 0 unspecified atom stereocenters. The topological polar surface area (TPSA) is 76.0 Å². The molecule has 0 bridgehead atoms. The van der Waals surface area contributed by atoms with E-state index in [-0.39, 0.29) is 5.91 Å². The normalized spacial score (nSPS) is 10.4. The molecule has 26 heavy (non-hydrogen) atoms. The Hall–Kier alpha value is -2.93. The third-order valence-electron chi connectivity index (χ3n) is 3.92. The molecule has 1 heterocycles. The Morgan fingerprint density at radius 1 is 0.923 bits per heavy atom. The van der Waals surface area contributed by atoms with E-state index in [1.54, 1.807) is 35.9 Å². The smallest absolute Gasteiger partial charge is 0.267 e. The summed E-state index contributed by atoms with van der Waals surface area (Å²) < 4.78 is 2.67. The summed E-state index contributed by atoms with van der Waals surface area (Å²) in [5, 5.41) is 4.44. The summed E-state index contributed by atoms with van der Waals surface area (Å²) in [6.07, 6.45) is 0. The number of carbonyl (C=O) groups excluding carboxylic acids is 2. The van der Waals surface area contributed by atoms with Gasteiger partial charge in [-0.1, -0.05) is 34.1 Å². The van der Waals surface area contributed by atoms with E-state index >= 15 is 0 Å². The molecule has 0 saturated heterocycles. The van der Waals surface area contributed by atoms with Crippen molar-refractivity contribution in [3.8, 4) is 5.69 Å². The number of hydrogen-bond acceptors (Lipinski definition) is 3. The molecule has 7 heteroatoms. The van der Waals surface area contributed by atoms with Gasteiger partial charge >= 0.3 is 0 Å². The van der Waals surface area contributed by atoms with Gasteiger partial charge in [0.15, 0.2) is 0 Å². The lowest BCUT2D eigenvalue weighted by Gasteiger charge is -2.08. The molecule has 0 aliphatic rings. The molecule has 3 rings (SSSR count). The maximum Gasteiger partial charge on any atom is 0.273 e. The lowest BCUT2D eigenvalue weighted by molar-refractivity contribution is 0.0846. The molecule has 0 fully saturated rings. The van der Waals surface area contributed by atoms with Crippen LogP contribution in [0, 0.1) is 13.8 Å². The van der Waals surface area contributed by atoms with Crippen LogP contribution in [0.4, 0.5) is 0 Å². The highest BCUT2D eigenvalue weighted by Gasteiger charge is 2.20. The van der Waals surface area contributed by atoms with Gasteiger partial charge < -0.3 is 0 Å². The fourth-order valence-corrected chi connectivity index (χ4v) is 2.91. The lowest BCUT2D eigenvalue weighted by atomic mass is 10.2. The molecule has 2 amide bonds. The minimum atomic E-state index is -0.410. The Bertz CT molecular complexity index is 950. The van der Waals surface area contributed by atoms with E-state index in [0.717, 1.165) is 10.2 Å². The second kappa shape index (κ2) is 7.53. The molecule has 132 valence electrons. The predicted molar refractivity (Wildman–Crippen MR) is 102 cm³/mol. The highest BCUT2D eigenvalue weighted by molar-refractivity contribution is 9.10. The summed E-state index contributed by atoms with van der Waals surface area (Å²) in [6.45, 7) is 3.58. The van der Waals surface area contributed by atoms with Crippen molar-refractivity contribution in [1.82, 2.24) is 20.6 Å². The van der Waals surface area contributed by atoms with Crippen LogP contribution in [0.2, 0.25) is 0 Å². The maximum atomic E-state index is 12.5. The molecule has 1 aromatic heterocycles. The molecule has 0 aliphatic heterocycles. The van der Waals surface area contributed by atoms with Gasteiger partial charge in [0, 0.05) is 10.0 Å². The first-order valence-corrected chi connectivity index (χ1v) is 8.74. The first kappa shape index (κ1) is 17.9. The van der Waals surface area contributed by atoms with Gasteiger partial charge in [0.2, 0.25) is 0 Å². The summed E-state index contributed by atoms with van der Waals surface area (Å²) in [7, 11) is 0. The number of aromatic nitrogens is 2. The zero-order chi connectivity index (χ0) is 18.7. The number of halogens is 1. The van der Waals surface area contributed by atoms with Gasteiger partial charge in [-0.05, 0) is 50.2 Å². The fraction of sp³-hybridized carbons (Fsp3) is 0.105. The fourth-order valence-electron chi connectivity index (χ4n) is 2.64. The van der Waals surface area contributed by atoms with Gasteiger partial charge in [-0.15, -0.1) is 0 Å². The summed E-state index contributed by atoms with van der Waals surface area (Å²) in [5.74, 6) is -0.790. The van der Waals surface area contributed by atoms with Gasteiger partial charge in [0.25, 0.3) is 11.8 Å². The second-order valence-electron chi connectivity index (χ2n) is 5.71. The molecule has 0 atom stereocenters. The van der Waals surface area contributed by atoms with Gasteiger partial charge in [0.05, 0.1) is 22.6 Å². The number of carbonyl (C=O) groups is 2. The predicted octanol–water partition coefficient (Wildman–Crippen LogP) is 3.33. The van der Waals surface area contributed by atoms with Crippen molar-refractivity contribution in [3.05, 3.63) is 81.6 Å². The molecule has 0 saturated carbocycles. The van der Waals surface area contributed by atoms with Crippen LogP contribution in [-0.4, -0.2) is 21.6 Å². The van der Waals surface area contributed by atoms with Crippen LogP contribution in [-0.2, 0) is 0 Å². The number of benzene rings is 2. The Morgan fingerprint density at radius 3 is 2.19 bits per heavy atom. The highest BCUT2D eigenvalue weighted by atomic mass is 79.9. The van der Waals surface area contributed by atoms with E-state index in [2.05, 4.69) is 31.9 Å². The molecule has 2 aromatic carbocycles. The number of hydrogen-bond donors (Lipinski definition) is 2. The van der Waals surface area contributed by atoms with Crippen molar-refractivity contribution in [2.75, 3.05) is 0 Å². The molecule has 0 aliphatic carbocycles. The Morgan fingerprint density at radius 2 is 1.54 bits per heavy atom. The summed E-state index contributed by atoms with van der Waals surface area (Å²) in [4.78, 5) is 24.6. The van der Waals surface area contributed by atoms with Gasteiger partial charge in [-0.25, -0.2) is 4.68 Å². The lowest BCUT2D eigenvalue weighted by Crippen LogP contribution is -2.42. The van der Waals surface area contributed by atoms with Crippen LogP contribution in [0.5, 0.6) is 0 Å². The van der Waals surface area contributed by atoms with Crippen LogP contribution in [0.15, 0.2) is 59.1 Å². The largest absolute Gasteiger partial charge is 0.273 e. The number of aryl methyl sites for hydroxylation is 1. The minimum absolute atomic E-state index is 0.380.